The van der Waals surface area contributed by atoms with Crippen LogP contribution in [0.3, 0.4) is 0 Å². The average Bonchev–Trinajstić information content (AvgIpc) is 3.28. The highest BCUT2D eigenvalue weighted by atomic mass is 16.6. The molecule has 2 fully saturated rings. The lowest BCUT2D eigenvalue weighted by atomic mass is 9.78. The summed E-state index contributed by atoms with van der Waals surface area (Å²) in [5.41, 5.74) is 4.48. The Kier molecular flexibility index (Phi) is 4.90. The van der Waals surface area contributed by atoms with Crippen LogP contribution in [-0.2, 0) is 17.8 Å². The number of nitriles is 1. The van der Waals surface area contributed by atoms with Gasteiger partial charge in [-0.15, -0.1) is 0 Å². The van der Waals surface area contributed by atoms with E-state index in [2.05, 4.69) is 40.7 Å². The first kappa shape index (κ1) is 19.6. The first-order chi connectivity index (χ1) is 15.0. The van der Waals surface area contributed by atoms with Gasteiger partial charge >= 0.3 is 6.09 Å². The smallest absolute Gasteiger partial charge is 0.410 e. The van der Waals surface area contributed by atoms with Crippen LogP contribution in [-0.4, -0.2) is 32.7 Å². The number of nitrogens with zero attached hydrogens (tertiary/aromatic N) is 4. The maximum atomic E-state index is 12.7. The number of imidazole rings is 1. The van der Waals surface area contributed by atoms with Crippen molar-refractivity contribution in [2.24, 2.45) is 5.92 Å². The molecular weight excluding hydrogens is 388 g/mol. The summed E-state index contributed by atoms with van der Waals surface area (Å²) in [6, 6.07) is 16.1. The van der Waals surface area contributed by atoms with Crippen LogP contribution in [0.2, 0.25) is 0 Å². The summed E-state index contributed by atoms with van der Waals surface area (Å²) >= 11 is 0. The summed E-state index contributed by atoms with van der Waals surface area (Å²) in [7, 11) is 0. The van der Waals surface area contributed by atoms with Crippen LogP contribution in [0.15, 0.2) is 48.8 Å². The molecular formula is C25H26N4O2. The van der Waals surface area contributed by atoms with Crippen LogP contribution in [0.5, 0.6) is 0 Å². The molecule has 1 spiro atoms. The van der Waals surface area contributed by atoms with Crippen LogP contribution in [0.1, 0.15) is 42.4 Å². The molecule has 0 N–H and O–H groups in total. The molecule has 1 saturated heterocycles. The zero-order valence-electron chi connectivity index (χ0n) is 17.8. The van der Waals surface area contributed by atoms with E-state index < -0.39 is 5.60 Å². The topological polar surface area (TPSA) is 71.2 Å². The predicted octanol–water partition coefficient (Wildman–Crippen LogP) is 4.80. The van der Waals surface area contributed by atoms with Crippen molar-refractivity contribution in [3.05, 3.63) is 65.5 Å². The number of hydrogen-bond acceptors (Lipinski definition) is 4. The van der Waals surface area contributed by atoms with E-state index >= 15 is 0 Å². The number of rotatable bonds is 4. The molecule has 6 heteroatoms. The first-order valence-electron chi connectivity index (χ1n) is 10.9. The predicted molar refractivity (Wildman–Crippen MR) is 117 cm³/mol. The van der Waals surface area contributed by atoms with E-state index in [0.717, 1.165) is 48.8 Å². The molecule has 1 saturated carbocycles. The van der Waals surface area contributed by atoms with Crippen molar-refractivity contribution in [3.63, 3.8) is 0 Å². The summed E-state index contributed by atoms with van der Waals surface area (Å²) in [5, 5.41) is 9.22. The van der Waals surface area contributed by atoms with Gasteiger partial charge in [-0.25, -0.2) is 9.78 Å². The number of hydrogen-bond donors (Lipinski definition) is 0. The van der Waals surface area contributed by atoms with Gasteiger partial charge in [0.1, 0.15) is 5.60 Å². The number of aromatic nitrogens is 2. The zero-order chi connectivity index (χ0) is 21.4. The fraction of sp³-hybridized carbons (Fsp3) is 0.400. The van der Waals surface area contributed by atoms with E-state index in [0.29, 0.717) is 24.6 Å². The number of fused-ring (bicyclic) bond motifs is 1. The van der Waals surface area contributed by atoms with E-state index in [1.54, 1.807) is 6.07 Å². The molecule has 6 nitrogen and oxygen atoms in total. The van der Waals surface area contributed by atoms with Crippen molar-refractivity contribution in [2.75, 3.05) is 6.54 Å². The standard InChI is InChI=1S/C25H26N4O2/c1-18-4-2-5-20(10-18)14-28-16-25(31-24(28)30)9-3-6-21(12-25)15-29-17-27-22-8-7-19(13-26)11-23(22)29/h2,4-5,7-8,10-11,17,21H,3,6,9,12,14-16H2,1H3/t21-,25-/m0/s1. The highest BCUT2D eigenvalue weighted by molar-refractivity contribution is 5.77. The molecule has 3 aromatic rings. The minimum atomic E-state index is -0.391. The van der Waals surface area contributed by atoms with Crippen LogP contribution in [0.4, 0.5) is 4.79 Å². The van der Waals surface area contributed by atoms with Crippen molar-refractivity contribution in [2.45, 2.75) is 51.3 Å². The van der Waals surface area contributed by atoms with Gasteiger partial charge in [-0.1, -0.05) is 29.8 Å². The van der Waals surface area contributed by atoms with E-state index in [4.69, 9.17) is 4.74 Å². The summed E-state index contributed by atoms with van der Waals surface area (Å²) in [6.45, 7) is 4.14. The van der Waals surface area contributed by atoms with Gasteiger partial charge in [0.15, 0.2) is 0 Å². The molecule has 158 valence electrons. The largest absolute Gasteiger partial charge is 0.441 e. The molecule has 5 rings (SSSR count). The lowest BCUT2D eigenvalue weighted by Gasteiger charge is -2.36. The highest BCUT2D eigenvalue weighted by Gasteiger charge is 2.47. The Morgan fingerprint density at radius 2 is 2.19 bits per heavy atom. The third-order valence-electron chi connectivity index (χ3n) is 6.61. The van der Waals surface area contributed by atoms with E-state index in [-0.39, 0.29) is 6.09 Å². The van der Waals surface area contributed by atoms with E-state index in [1.165, 1.54) is 5.56 Å². The molecule has 0 unspecified atom stereocenters. The number of ether oxygens (including phenoxy) is 1. The van der Waals surface area contributed by atoms with Crippen LogP contribution in [0, 0.1) is 24.2 Å². The lowest BCUT2D eigenvalue weighted by molar-refractivity contribution is 0.00415. The molecule has 1 aliphatic carbocycles. The van der Waals surface area contributed by atoms with Gasteiger partial charge in [-0.2, -0.15) is 5.26 Å². The summed E-state index contributed by atoms with van der Waals surface area (Å²) < 4.78 is 8.14. The van der Waals surface area contributed by atoms with Crippen LogP contribution < -0.4 is 0 Å². The van der Waals surface area contributed by atoms with Crippen molar-refractivity contribution < 1.29 is 9.53 Å². The summed E-state index contributed by atoms with van der Waals surface area (Å²) in [5.74, 6) is 0.406. The van der Waals surface area contributed by atoms with Gasteiger partial charge in [0, 0.05) is 13.1 Å². The quantitative estimate of drug-likeness (QED) is 0.615. The van der Waals surface area contributed by atoms with Crippen LogP contribution in [0.25, 0.3) is 11.0 Å². The van der Waals surface area contributed by atoms with Crippen molar-refractivity contribution >= 4 is 17.1 Å². The van der Waals surface area contributed by atoms with E-state index in [1.807, 2.05) is 29.4 Å². The second-order valence-corrected chi connectivity index (χ2v) is 9.07. The lowest BCUT2D eigenvalue weighted by Crippen LogP contribution is -2.40. The maximum Gasteiger partial charge on any atom is 0.410 e. The molecule has 2 aromatic carbocycles. The molecule has 2 heterocycles. The van der Waals surface area contributed by atoms with Gasteiger partial charge in [-0.3, -0.25) is 4.90 Å². The molecule has 0 bridgehead atoms. The summed E-state index contributed by atoms with van der Waals surface area (Å²) in [6.07, 6.45) is 5.59. The Morgan fingerprint density at radius 1 is 1.29 bits per heavy atom. The first-order valence-corrected chi connectivity index (χ1v) is 10.9. The molecule has 1 aromatic heterocycles. The number of carbonyl (C=O) groups is 1. The Hall–Kier alpha value is -3.33. The van der Waals surface area contributed by atoms with Crippen molar-refractivity contribution in [1.29, 1.82) is 5.26 Å². The molecule has 2 aliphatic rings. The number of amides is 1. The Labute approximate surface area is 182 Å². The van der Waals surface area contributed by atoms with Gasteiger partial charge in [-0.05, 0) is 62.3 Å². The Balaban J connectivity index is 1.30. The minimum Gasteiger partial charge on any atom is -0.441 e. The van der Waals surface area contributed by atoms with E-state index in [9.17, 15) is 10.1 Å². The van der Waals surface area contributed by atoms with Gasteiger partial charge in [0.05, 0.1) is 35.5 Å². The number of benzene rings is 2. The maximum absolute atomic E-state index is 12.7. The van der Waals surface area contributed by atoms with Crippen molar-refractivity contribution in [3.8, 4) is 6.07 Å². The van der Waals surface area contributed by atoms with Gasteiger partial charge in [0.25, 0.3) is 0 Å². The normalized spacial score (nSPS) is 23.3. The fourth-order valence-corrected chi connectivity index (χ4v) is 5.23. The summed E-state index contributed by atoms with van der Waals surface area (Å²) in [4.78, 5) is 19.0. The zero-order valence-corrected chi connectivity index (χ0v) is 17.8. The molecule has 0 radical (unpaired) electrons. The second-order valence-electron chi connectivity index (χ2n) is 9.07. The fourth-order valence-electron chi connectivity index (χ4n) is 5.23. The number of carbonyl (C=O) groups excluding carboxylic acids is 1. The second kappa shape index (κ2) is 7.73. The molecule has 2 atom stereocenters. The molecule has 1 amide bonds. The highest BCUT2D eigenvalue weighted by Crippen LogP contribution is 2.41. The number of aryl methyl sites for hydroxylation is 1. The van der Waals surface area contributed by atoms with Gasteiger partial charge in [0.2, 0.25) is 0 Å². The molecule has 1 aliphatic heterocycles. The third kappa shape index (κ3) is 3.88. The average molecular weight is 415 g/mol. The van der Waals surface area contributed by atoms with Crippen LogP contribution >= 0.6 is 0 Å². The third-order valence-corrected chi connectivity index (χ3v) is 6.61. The Bertz CT molecular complexity index is 1180. The minimum absolute atomic E-state index is 0.200. The monoisotopic (exact) mass is 414 g/mol. The van der Waals surface area contributed by atoms with Crippen molar-refractivity contribution in [1.82, 2.24) is 14.5 Å². The SMILES string of the molecule is Cc1cccc(CN2C[C@@]3(CCC[C@H](Cn4cnc5ccc(C#N)cc54)C3)OC2=O)c1. The molecule has 31 heavy (non-hydrogen) atoms. The van der Waals surface area contributed by atoms with Gasteiger partial charge < -0.3 is 9.30 Å². The Morgan fingerprint density at radius 3 is 3.03 bits per heavy atom.